The molecule has 1 aromatic heterocycles. The van der Waals surface area contributed by atoms with Gasteiger partial charge in [-0.2, -0.15) is 15.0 Å². The van der Waals surface area contributed by atoms with Crippen molar-refractivity contribution in [3.63, 3.8) is 0 Å². The molecule has 0 bridgehead atoms. The van der Waals surface area contributed by atoms with Gasteiger partial charge in [0.2, 0.25) is 11.9 Å². The second-order valence-corrected chi connectivity index (χ2v) is 4.58. The number of nitrogens with one attached hydrogen (secondary N) is 1. The van der Waals surface area contributed by atoms with Crippen molar-refractivity contribution in [2.45, 2.75) is 33.2 Å². The highest BCUT2D eigenvalue weighted by Crippen LogP contribution is 2.23. The minimum atomic E-state index is -0.279. The Kier molecular flexibility index (Phi) is 3.57. The van der Waals surface area contributed by atoms with Crippen molar-refractivity contribution in [1.29, 1.82) is 0 Å². The molecule has 0 fully saturated rings. The summed E-state index contributed by atoms with van der Waals surface area (Å²) in [5, 5.41) is 0. The molecule has 15 heavy (non-hydrogen) atoms. The van der Waals surface area contributed by atoms with Gasteiger partial charge in [0.25, 0.3) is 0 Å². The fourth-order valence-electron chi connectivity index (χ4n) is 0.898. The molecule has 5 nitrogen and oxygen atoms in total. The van der Waals surface area contributed by atoms with Gasteiger partial charge in [-0.25, -0.2) is 4.42 Å². The predicted octanol–water partition coefficient (Wildman–Crippen LogP) is 2.50. The van der Waals surface area contributed by atoms with Crippen LogP contribution in [0.5, 0.6) is 0 Å². The molecule has 0 aliphatic heterocycles. The summed E-state index contributed by atoms with van der Waals surface area (Å²) in [5.41, 5.74) is -0.279. The molecule has 0 amide bonds. The molecule has 0 unspecified atom stereocenters. The summed E-state index contributed by atoms with van der Waals surface area (Å²) in [5.74, 6) is 1.21. The van der Waals surface area contributed by atoms with Crippen LogP contribution in [-0.4, -0.2) is 20.5 Å². The Bertz CT molecular complexity index is 349. The molecule has 0 aliphatic rings. The Morgan fingerprint density at radius 1 is 1.20 bits per heavy atom. The zero-order valence-electron chi connectivity index (χ0n) is 9.04. The van der Waals surface area contributed by atoms with Gasteiger partial charge >= 0.3 is 0 Å². The summed E-state index contributed by atoms with van der Waals surface area (Å²) in [6.45, 7) is 7.60. The molecule has 0 aliphatic carbocycles. The molecular weight excluding hydrogens is 237 g/mol. The summed E-state index contributed by atoms with van der Waals surface area (Å²) in [6.07, 6.45) is 0. The number of anilines is 2. The van der Waals surface area contributed by atoms with Crippen LogP contribution in [0.15, 0.2) is 0 Å². The Morgan fingerprint density at radius 2 is 1.80 bits per heavy atom. The van der Waals surface area contributed by atoms with Gasteiger partial charge in [0.1, 0.15) is 5.82 Å². The Hall–Kier alpha value is -0.810. The maximum absolute atomic E-state index is 6.09. The Labute approximate surface area is 99.1 Å². The summed E-state index contributed by atoms with van der Waals surface area (Å²) in [4.78, 5) is 14.5. The van der Waals surface area contributed by atoms with Crippen molar-refractivity contribution in [2.24, 2.45) is 0 Å². The van der Waals surface area contributed by atoms with E-state index in [9.17, 15) is 0 Å². The Morgan fingerprint density at radius 3 is 2.27 bits per heavy atom. The van der Waals surface area contributed by atoms with Crippen LogP contribution in [0.25, 0.3) is 0 Å². The summed E-state index contributed by atoms with van der Waals surface area (Å²) < 4.78 is 1.44. The molecule has 0 saturated heterocycles. The van der Waals surface area contributed by atoms with Crippen LogP contribution in [0.3, 0.4) is 0 Å². The first kappa shape index (κ1) is 12.3. The number of rotatable bonds is 2. The molecule has 0 saturated carbocycles. The van der Waals surface area contributed by atoms with Crippen molar-refractivity contribution in [3.8, 4) is 0 Å². The summed E-state index contributed by atoms with van der Waals surface area (Å²) >= 11 is 11.5. The molecule has 1 N–H and O–H groups in total. The summed E-state index contributed by atoms with van der Waals surface area (Å²) in [7, 11) is 0. The molecule has 1 heterocycles. The maximum Gasteiger partial charge on any atom is 0.245 e. The first-order chi connectivity index (χ1) is 6.84. The largest absolute Gasteiger partial charge is 0.266 e. The second kappa shape index (κ2) is 4.37. The van der Waals surface area contributed by atoms with Gasteiger partial charge in [0.15, 0.2) is 0 Å². The van der Waals surface area contributed by atoms with E-state index in [2.05, 4.69) is 19.8 Å². The maximum atomic E-state index is 6.09. The third-order valence-electron chi connectivity index (χ3n) is 1.58. The third kappa shape index (κ3) is 3.07. The number of aromatic nitrogens is 3. The number of hydrogen-bond acceptors (Lipinski definition) is 5. The molecule has 1 aromatic rings. The van der Waals surface area contributed by atoms with E-state index in [1.54, 1.807) is 6.92 Å². The summed E-state index contributed by atoms with van der Waals surface area (Å²) in [6, 6.07) is 0. The van der Waals surface area contributed by atoms with Gasteiger partial charge in [0, 0.05) is 23.6 Å². The quantitative estimate of drug-likeness (QED) is 0.817. The van der Waals surface area contributed by atoms with E-state index in [0.717, 1.165) is 0 Å². The van der Waals surface area contributed by atoms with Crippen LogP contribution < -0.4 is 9.25 Å². The lowest BCUT2D eigenvalue weighted by atomic mass is 10.1. The molecule has 1 rings (SSSR count). The Balaban J connectivity index is 3.09. The number of halogens is 2. The average Bonchev–Trinajstić information content (AvgIpc) is 2.14. The molecular formula is C8H13Cl2N5. The van der Waals surface area contributed by atoms with Crippen LogP contribution in [0.1, 0.15) is 26.6 Å². The van der Waals surface area contributed by atoms with E-state index in [-0.39, 0.29) is 11.5 Å². The van der Waals surface area contributed by atoms with Gasteiger partial charge in [-0.3, -0.25) is 4.84 Å². The van der Waals surface area contributed by atoms with Gasteiger partial charge in [-0.1, -0.05) is 0 Å². The zero-order chi connectivity index (χ0) is 11.6. The molecule has 7 heteroatoms. The molecule has 0 aromatic carbocycles. The lowest BCUT2D eigenvalue weighted by molar-refractivity contribution is 0.573. The van der Waals surface area contributed by atoms with E-state index >= 15 is 0 Å². The van der Waals surface area contributed by atoms with Crippen LogP contribution in [0.2, 0.25) is 0 Å². The lowest BCUT2D eigenvalue weighted by Gasteiger charge is -2.28. The molecule has 0 atom stereocenters. The van der Waals surface area contributed by atoms with E-state index in [1.165, 1.54) is 4.42 Å². The highest BCUT2D eigenvalue weighted by Gasteiger charge is 2.23. The van der Waals surface area contributed by atoms with Crippen LogP contribution >= 0.6 is 23.6 Å². The minimum Gasteiger partial charge on any atom is -0.266 e. The SMILES string of the molecule is Cc1nc(NCl)nc(N(Cl)C(C)(C)C)n1. The van der Waals surface area contributed by atoms with Gasteiger partial charge < -0.3 is 0 Å². The minimum absolute atomic E-state index is 0.279. The lowest BCUT2D eigenvalue weighted by Crippen LogP contribution is -2.35. The fraction of sp³-hybridized carbons (Fsp3) is 0.625. The van der Waals surface area contributed by atoms with Crippen LogP contribution in [0, 0.1) is 6.92 Å². The first-order valence-corrected chi connectivity index (χ1v) is 5.11. The van der Waals surface area contributed by atoms with Crippen LogP contribution in [-0.2, 0) is 0 Å². The third-order valence-corrected chi connectivity index (χ3v) is 2.41. The van der Waals surface area contributed by atoms with Gasteiger partial charge in [-0.15, -0.1) is 0 Å². The van der Waals surface area contributed by atoms with E-state index in [0.29, 0.717) is 11.8 Å². The predicted molar refractivity (Wildman–Crippen MR) is 62.1 cm³/mol. The van der Waals surface area contributed by atoms with E-state index in [4.69, 9.17) is 23.6 Å². The molecule has 0 spiro atoms. The van der Waals surface area contributed by atoms with Gasteiger partial charge in [0.05, 0.1) is 5.54 Å². The molecule has 84 valence electrons. The van der Waals surface area contributed by atoms with Crippen molar-refractivity contribution >= 4 is 35.5 Å². The number of nitrogens with zero attached hydrogens (tertiary/aromatic N) is 4. The fourth-order valence-corrected chi connectivity index (χ4v) is 1.06. The number of aryl methyl sites for hydroxylation is 1. The monoisotopic (exact) mass is 249 g/mol. The average molecular weight is 250 g/mol. The number of hydrogen-bond donors (Lipinski definition) is 1. The van der Waals surface area contributed by atoms with Crippen molar-refractivity contribution < 1.29 is 0 Å². The molecule has 0 radical (unpaired) electrons. The van der Waals surface area contributed by atoms with Crippen molar-refractivity contribution in [1.82, 2.24) is 15.0 Å². The second-order valence-electron chi connectivity index (χ2n) is 4.05. The van der Waals surface area contributed by atoms with Gasteiger partial charge in [-0.05, 0) is 27.7 Å². The highest BCUT2D eigenvalue weighted by atomic mass is 35.5. The van der Waals surface area contributed by atoms with Crippen molar-refractivity contribution in [3.05, 3.63) is 5.82 Å². The standard InChI is InChI=1S/C8H13Cl2N5/c1-5-11-6(14-9)13-7(12-5)15(10)8(2,3)4/h1-4H3,(H,11,12,13,14). The zero-order valence-corrected chi connectivity index (χ0v) is 10.6. The first-order valence-electron chi connectivity index (χ1n) is 4.40. The van der Waals surface area contributed by atoms with Crippen molar-refractivity contribution in [2.75, 3.05) is 9.25 Å². The van der Waals surface area contributed by atoms with E-state index in [1.807, 2.05) is 20.8 Å². The smallest absolute Gasteiger partial charge is 0.245 e. The van der Waals surface area contributed by atoms with E-state index < -0.39 is 0 Å². The topological polar surface area (TPSA) is 53.9 Å². The normalized spacial score (nSPS) is 11.3. The highest BCUT2D eigenvalue weighted by molar-refractivity contribution is 6.26. The van der Waals surface area contributed by atoms with Crippen LogP contribution in [0.4, 0.5) is 11.9 Å².